The average Bonchev–Trinajstić information content (AvgIpc) is 2.74. The van der Waals surface area contributed by atoms with Gasteiger partial charge in [0, 0.05) is 29.0 Å². The minimum Gasteiger partial charge on any atom is -0.491 e. The number of fused-ring (bicyclic) bond motifs is 1. The van der Waals surface area contributed by atoms with Crippen molar-refractivity contribution >= 4 is 22.5 Å². The summed E-state index contributed by atoms with van der Waals surface area (Å²) < 4.78 is 5.66. The Morgan fingerprint density at radius 3 is 2.41 bits per heavy atom. The molecule has 0 spiro atoms. The van der Waals surface area contributed by atoms with Gasteiger partial charge in [-0.15, -0.1) is 0 Å². The molecule has 0 aliphatic rings. The van der Waals surface area contributed by atoms with Gasteiger partial charge in [0.15, 0.2) is 0 Å². The average molecular weight is 383 g/mol. The summed E-state index contributed by atoms with van der Waals surface area (Å²) in [5, 5.41) is 3.78. The molecule has 0 unspecified atom stereocenters. The lowest BCUT2D eigenvalue weighted by Crippen LogP contribution is -2.13. The molecule has 0 saturated carbocycles. The molecule has 0 radical (unpaired) electrons. The van der Waals surface area contributed by atoms with Gasteiger partial charge in [0.25, 0.3) is 5.91 Å². The number of aromatic nitrogens is 2. The van der Waals surface area contributed by atoms with Gasteiger partial charge in [0.1, 0.15) is 5.75 Å². The van der Waals surface area contributed by atoms with Crippen LogP contribution in [-0.4, -0.2) is 22.0 Å². The van der Waals surface area contributed by atoms with E-state index in [4.69, 9.17) is 9.72 Å². The first kappa shape index (κ1) is 18.6. The van der Waals surface area contributed by atoms with E-state index in [9.17, 15) is 4.79 Å². The number of hydrogen-bond acceptors (Lipinski definition) is 4. The number of ether oxygens (including phenoxy) is 1. The largest absolute Gasteiger partial charge is 0.491 e. The summed E-state index contributed by atoms with van der Waals surface area (Å²) in [5.41, 5.74) is 3.70. The molecule has 5 heteroatoms. The van der Waals surface area contributed by atoms with Crippen LogP contribution in [0.5, 0.6) is 5.75 Å². The third kappa shape index (κ3) is 4.24. The van der Waals surface area contributed by atoms with Crippen molar-refractivity contribution in [1.82, 2.24) is 9.97 Å². The summed E-state index contributed by atoms with van der Waals surface area (Å²) in [4.78, 5) is 21.9. The van der Waals surface area contributed by atoms with Gasteiger partial charge in [-0.05, 0) is 62.4 Å². The number of hydrogen-bond donors (Lipinski definition) is 1. The molecule has 0 atom stereocenters. The molecule has 0 aliphatic heterocycles. The zero-order valence-electron chi connectivity index (χ0n) is 16.3. The molecule has 0 fully saturated rings. The Morgan fingerprint density at radius 1 is 0.966 bits per heavy atom. The van der Waals surface area contributed by atoms with E-state index < -0.39 is 0 Å². The highest BCUT2D eigenvalue weighted by Crippen LogP contribution is 2.26. The predicted octanol–water partition coefficient (Wildman–Crippen LogP) is 5.34. The second-order valence-corrected chi connectivity index (χ2v) is 6.95. The third-order valence-corrected chi connectivity index (χ3v) is 4.42. The van der Waals surface area contributed by atoms with Crippen molar-refractivity contribution in [1.29, 1.82) is 0 Å². The van der Waals surface area contributed by atoms with Crippen molar-refractivity contribution < 1.29 is 9.53 Å². The minimum absolute atomic E-state index is 0.102. The second-order valence-electron chi connectivity index (χ2n) is 6.95. The molecule has 0 bridgehead atoms. The van der Waals surface area contributed by atoms with Gasteiger partial charge in [-0.25, -0.2) is 4.98 Å². The van der Waals surface area contributed by atoms with Crippen LogP contribution < -0.4 is 10.1 Å². The van der Waals surface area contributed by atoms with Crippen LogP contribution in [0, 0.1) is 0 Å². The van der Waals surface area contributed by atoms with E-state index in [1.165, 1.54) is 0 Å². The van der Waals surface area contributed by atoms with Gasteiger partial charge in [0.2, 0.25) is 0 Å². The first-order valence-electron chi connectivity index (χ1n) is 9.48. The van der Waals surface area contributed by atoms with Crippen LogP contribution in [0.1, 0.15) is 24.2 Å². The molecule has 1 amide bonds. The summed E-state index contributed by atoms with van der Waals surface area (Å²) >= 11 is 0. The molecular weight excluding hydrogens is 362 g/mol. The number of carbonyl (C=O) groups excluding carboxylic acids is 1. The second kappa shape index (κ2) is 8.10. The Balaban J connectivity index is 1.68. The zero-order valence-corrected chi connectivity index (χ0v) is 16.3. The van der Waals surface area contributed by atoms with Crippen LogP contribution in [0.2, 0.25) is 0 Å². The van der Waals surface area contributed by atoms with Crippen LogP contribution in [0.25, 0.3) is 22.2 Å². The normalized spacial score (nSPS) is 10.9. The van der Waals surface area contributed by atoms with Gasteiger partial charge in [-0.2, -0.15) is 0 Å². The number of pyridine rings is 2. The fourth-order valence-electron chi connectivity index (χ4n) is 3.12. The van der Waals surface area contributed by atoms with Crippen molar-refractivity contribution in [2.75, 3.05) is 5.32 Å². The maximum absolute atomic E-state index is 13.1. The topological polar surface area (TPSA) is 64.1 Å². The van der Waals surface area contributed by atoms with Gasteiger partial charge >= 0.3 is 0 Å². The molecule has 4 rings (SSSR count). The number of para-hydroxylation sites is 1. The van der Waals surface area contributed by atoms with E-state index in [0.29, 0.717) is 11.3 Å². The van der Waals surface area contributed by atoms with Crippen molar-refractivity contribution in [3.63, 3.8) is 0 Å². The Hall–Kier alpha value is -3.73. The monoisotopic (exact) mass is 383 g/mol. The van der Waals surface area contributed by atoms with Crippen LogP contribution in [0.4, 0.5) is 5.69 Å². The first-order chi connectivity index (χ1) is 14.1. The van der Waals surface area contributed by atoms with Gasteiger partial charge in [-0.3, -0.25) is 9.78 Å². The van der Waals surface area contributed by atoms with Crippen LogP contribution in [0.3, 0.4) is 0 Å². The fraction of sp³-hybridized carbons (Fsp3) is 0.125. The Bertz CT molecular complexity index is 1140. The van der Waals surface area contributed by atoms with Crippen molar-refractivity contribution in [2.45, 2.75) is 20.0 Å². The molecule has 144 valence electrons. The van der Waals surface area contributed by atoms with Crippen molar-refractivity contribution in [2.24, 2.45) is 0 Å². The molecule has 1 N–H and O–H groups in total. The van der Waals surface area contributed by atoms with E-state index in [2.05, 4.69) is 10.3 Å². The maximum atomic E-state index is 13.1. The van der Waals surface area contributed by atoms with Crippen LogP contribution in [0.15, 0.2) is 79.1 Å². The standard InChI is InChI=1S/C24H21N3O2/c1-16(2)29-19-9-7-18(8-10-19)26-24(28)21-15-23(17-11-13-25-14-12-17)27-22-6-4-3-5-20(21)22/h3-16H,1-2H3,(H,26,28). The smallest absolute Gasteiger partial charge is 0.256 e. The SMILES string of the molecule is CC(C)Oc1ccc(NC(=O)c2cc(-c3ccncc3)nc3ccccc23)cc1. The minimum atomic E-state index is -0.184. The number of rotatable bonds is 5. The van der Waals surface area contributed by atoms with E-state index in [1.54, 1.807) is 12.4 Å². The summed E-state index contributed by atoms with van der Waals surface area (Å²) in [7, 11) is 0. The van der Waals surface area contributed by atoms with Gasteiger partial charge in [0.05, 0.1) is 22.9 Å². The lowest BCUT2D eigenvalue weighted by atomic mass is 10.0. The predicted molar refractivity (Wildman–Crippen MR) is 115 cm³/mol. The number of amides is 1. The van der Waals surface area contributed by atoms with Gasteiger partial charge in [-0.1, -0.05) is 18.2 Å². The number of nitrogens with one attached hydrogen (secondary N) is 1. The highest BCUT2D eigenvalue weighted by atomic mass is 16.5. The zero-order chi connectivity index (χ0) is 20.2. The number of benzene rings is 2. The molecule has 5 nitrogen and oxygen atoms in total. The summed E-state index contributed by atoms with van der Waals surface area (Å²) in [6, 6.07) is 20.6. The molecule has 2 aromatic carbocycles. The first-order valence-corrected chi connectivity index (χ1v) is 9.48. The van der Waals surface area contributed by atoms with Crippen molar-refractivity contribution in [3.05, 3.63) is 84.7 Å². The molecule has 0 saturated heterocycles. The highest BCUT2D eigenvalue weighted by molar-refractivity contribution is 6.13. The van der Waals surface area contributed by atoms with Crippen molar-refractivity contribution in [3.8, 4) is 17.0 Å². The molecule has 4 aromatic rings. The number of carbonyl (C=O) groups is 1. The summed E-state index contributed by atoms with van der Waals surface area (Å²) in [5.74, 6) is 0.587. The fourth-order valence-corrected chi connectivity index (χ4v) is 3.12. The lowest BCUT2D eigenvalue weighted by molar-refractivity contribution is 0.102. The molecular formula is C24H21N3O2. The highest BCUT2D eigenvalue weighted by Gasteiger charge is 2.14. The number of nitrogens with zero attached hydrogens (tertiary/aromatic N) is 2. The Kier molecular flexibility index (Phi) is 5.20. The molecule has 2 aromatic heterocycles. The molecule has 0 aliphatic carbocycles. The van der Waals surface area contributed by atoms with Gasteiger partial charge < -0.3 is 10.1 Å². The quantitative estimate of drug-likeness (QED) is 0.505. The summed E-state index contributed by atoms with van der Waals surface area (Å²) in [6.45, 7) is 3.95. The van der Waals surface area contributed by atoms with E-state index in [-0.39, 0.29) is 12.0 Å². The van der Waals surface area contributed by atoms with E-state index in [0.717, 1.165) is 27.9 Å². The molecule has 2 heterocycles. The Labute approximate surface area is 169 Å². The Morgan fingerprint density at radius 2 is 1.69 bits per heavy atom. The van der Waals surface area contributed by atoms with Crippen LogP contribution in [-0.2, 0) is 0 Å². The number of anilines is 1. The summed E-state index contributed by atoms with van der Waals surface area (Å²) in [6.07, 6.45) is 3.53. The van der Waals surface area contributed by atoms with E-state index in [1.807, 2.05) is 80.6 Å². The lowest BCUT2D eigenvalue weighted by Gasteiger charge is -2.12. The van der Waals surface area contributed by atoms with E-state index >= 15 is 0 Å². The third-order valence-electron chi connectivity index (χ3n) is 4.42. The molecule has 29 heavy (non-hydrogen) atoms. The van der Waals surface area contributed by atoms with Crippen LogP contribution >= 0.6 is 0 Å². The maximum Gasteiger partial charge on any atom is 0.256 e.